The highest BCUT2D eigenvalue weighted by Gasteiger charge is 2.25. The van der Waals surface area contributed by atoms with Crippen LogP contribution in [0.2, 0.25) is 0 Å². The standard InChI is InChI=1S/C7H8O6/c1-12-5(9)3-4(8)6(10)7(11)13-2/h3H2,1-2H3. The minimum Gasteiger partial charge on any atom is -0.469 e. The summed E-state index contributed by atoms with van der Waals surface area (Å²) >= 11 is 0. The van der Waals surface area contributed by atoms with Gasteiger partial charge in [-0.05, 0) is 0 Å². The Bertz CT molecular complexity index is 254. The number of methoxy groups -OCH3 is 2. The predicted octanol–water partition coefficient (Wildman–Crippen LogP) is -1.14. The van der Waals surface area contributed by atoms with E-state index in [0.717, 1.165) is 14.2 Å². The quantitative estimate of drug-likeness (QED) is 0.315. The van der Waals surface area contributed by atoms with E-state index in [2.05, 4.69) is 9.47 Å². The lowest BCUT2D eigenvalue weighted by Crippen LogP contribution is -2.27. The number of ether oxygens (including phenoxy) is 2. The zero-order chi connectivity index (χ0) is 10.4. The molecule has 0 fully saturated rings. The maximum absolute atomic E-state index is 10.8. The van der Waals surface area contributed by atoms with Gasteiger partial charge in [-0.25, -0.2) is 4.79 Å². The van der Waals surface area contributed by atoms with Crippen LogP contribution < -0.4 is 0 Å². The van der Waals surface area contributed by atoms with Gasteiger partial charge >= 0.3 is 17.7 Å². The van der Waals surface area contributed by atoms with E-state index >= 15 is 0 Å². The molecular formula is C7H8O6. The fourth-order valence-electron chi connectivity index (χ4n) is 0.490. The van der Waals surface area contributed by atoms with E-state index in [1.807, 2.05) is 0 Å². The van der Waals surface area contributed by atoms with Crippen LogP contribution in [0.15, 0.2) is 0 Å². The second-order valence-corrected chi connectivity index (χ2v) is 2.00. The highest BCUT2D eigenvalue weighted by atomic mass is 16.5. The van der Waals surface area contributed by atoms with E-state index in [1.165, 1.54) is 0 Å². The summed E-state index contributed by atoms with van der Waals surface area (Å²) in [4.78, 5) is 42.4. The molecule has 0 saturated carbocycles. The zero-order valence-corrected chi connectivity index (χ0v) is 7.16. The first-order chi connectivity index (χ1) is 6.02. The van der Waals surface area contributed by atoms with Gasteiger partial charge in [0.15, 0.2) is 0 Å². The summed E-state index contributed by atoms with van der Waals surface area (Å²) in [5.41, 5.74) is 0. The number of Topliss-reactive ketones (excluding diaryl/α,β-unsaturated/α-hetero) is 2. The molecule has 0 aliphatic carbocycles. The van der Waals surface area contributed by atoms with E-state index < -0.39 is 29.9 Å². The van der Waals surface area contributed by atoms with E-state index in [1.54, 1.807) is 0 Å². The summed E-state index contributed by atoms with van der Waals surface area (Å²) in [6, 6.07) is 0. The van der Waals surface area contributed by atoms with Gasteiger partial charge in [-0.1, -0.05) is 0 Å². The van der Waals surface area contributed by atoms with Crippen molar-refractivity contribution in [2.24, 2.45) is 0 Å². The Morgan fingerprint density at radius 2 is 1.54 bits per heavy atom. The molecule has 0 spiro atoms. The molecule has 0 saturated heterocycles. The Morgan fingerprint density at radius 1 is 1.00 bits per heavy atom. The lowest BCUT2D eigenvalue weighted by atomic mass is 10.2. The van der Waals surface area contributed by atoms with Crippen LogP contribution in [-0.2, 0) is 28.7 Å². The van der Waals surface area contributed by atoms with Crippen LogP contribution in [0.1, 0.15) is 6.42 Å². The molecular weight excluding hydrogens is 180 g/mol. The van der Waals surface area contributed by atoms with E-state index in [0.29, 0.717) is 0 Å². The summed E-state index contributed by atoms with van der Waals surface area (Å²) in [6.07, 6.45) is -0.746. The Labute approximate surface area is 73.8 Å². The third-order valence-electron chi connectivity index (χ3n) is 1.16. The molecule has 0 unspecified atom stereocenters. The molecule has 0 aromatic rings. The second kappa shape index (κ2) is 5.02. The van der Waals surface area contributed by atoms with Gasteiger partial charge in [0.2, 0.25) is 5.78 Å². The lowest BCUT2D eigenvalue weighted by molar-refractivity contribution is -0.156. The number of esters is 2. The van der Waals surface area contributed by atoms with Crippen molar-refractivity contribution < 1.29 is 28.7 Å². The first-order valence-electron chi connectivity index (χ1n) is 3.25. The molecule has 0 aliphatic heterocycles. The third-order valence-corrected chi connectivity index (χ3v) is 1.16. The van der Waals surface area contributed by atoms with Crippen molar-refractivity contribution >= 4 is 23.5 Å². The fraction of sp³-hybridized carbons (Fsp3) is 0.429. The summed E-state index contributed by atoms with van der Waals surface area (Å²) in [6.45, 7) is 0. The van der Waals surface area contributed by atoms with Crippen molar-refractivity contribution in [2.45, 2.75) is 6.42 Å². The molecule has 0 amide bonds. The van der Waals surface area contributed by atoms with Crippen molar-refractivity contribution in [3.63, 3.8) is 0 Å². The molecule has 0 radical (unpaired) electrons. The van der Waals surface area contributed by atoms with Crippen LogP contribution in [0.4, 0.5) is 0 Å². The average Bonchev–Trinajstić information content (AvgIpc) is 2.14. The number of carbonyl (C=O) groups is 4. The summed E-state index contributed by atoms with van der Waals surface area (Å²) in [5, 5.41) is 0. The Balaban J connectivity index is 4.20. The Kier molecular flexibility index (Phi) is 4.36. The molecule has 0 rings (SSSR count). The summed E-state index contributed by atoms with van der Waals surface area (Å²) in [7, 11) is 2.03. The smallest absolute Gasteiger partial charge is 0.382 e. The van der Waals surface area contributed by atoms with Crippen LogP contribution in [0.3, 0.4) is 0 Å². The van der Waals surface area contributed by atoms with Gasteiger partial charge in [-0.3, -0.25) is 14.4 Å². The summed E-state index contributed by atoms with van der Waals surface area (Å²) in [5.74, 6) is -4.65. The maximum atomic E-state index is 10.8. The molecule has 0 aromatic carbocycles. The maximum Gasteiger partial charge on any atom is 0.382 e. The normalized spacial score (nSPS) is 8.77. The molecule has 0 atom stereocenters. The van der Waals surface area contributed by atoms with Gasteiger partial charge in [0.05, 0.1) is 14.2 Å². The van der Waals surface area contributed by atoms with Gasteiger partial charge < -0.3 is 9.47 Å². The number of rotatable bonds is 4. The van der Waals surface area contributed by atoms with Crippen molar-refractivity contribution in [3.05, 3.63) is 0 Å². The molecule has 6 heteroatoms. The monoisotopic (exact) mass is 188 g/mol. The topological polar surface area (TPSA) is 86.7 Å². The van der Waals surface area contributed by atoms with Gasteiger partial charge in [-0.2, -0.15) is 0 Å². The molecule has 6 nitrogen and oxygen atoms in total. The number of carbonyl (C=O) groups excluding carboxylic acids is 4. The van der Waals surface area contributed by atoms with Crippen LogP contribution >= 0.6 is 0 Å². The number of hydrogen-bond acceptors (Lipinski definition) is 6. The first kappa shape index (κ1) is 11.3. The summed E-state index contributed by atoms with van der Waals surface area (Å²) < 4.78 is 8.11. The molecule has 0 aliphatic rings. The molecule has 72 valence electrons. The van der Waals surface area contributed by atoms with Gasteiger partial charge in [-0.15, -0.1) is 0 Å². The molecule has 0 N–H and O–H groups in total. The molecule has 13 heavy (non-hydrogen) atoms. The molecule has 0 bridgehead atoms. The Morgan fingerprint density at radius 3 is 1.92 bits per heavy atom. The average molecular weight is 188 g/mol. The van der Waals surface area contributed by atoms with E-state index in [-0.39, 0.29) is 0 Å². The van der Waals surface area contributed by atoms with Crippen LogP contribution in [0, 0.1) is 0 Å². The van der Waals surface area contributed by atoms with Crippen molar-refractivity contribution in [2.75, 3.05) is 14.2 Å². The third kappa shape index (κ3) is 3.46. The van der Waals surface area contributed by atoms with Crippen LogP contribution in [0.5, 0.6) is 0 Å². The second-order valence-electron chi connectivity index (χ2n) is 2.00. The van der Waals surface area contributed by atoms with Gasteiger partial charge in [0.1, 0.15) is 6.42 Å². The SMILES string of the molecule is COC(=O)CC(=O)C(=O)C(=O)OC. The van der Waals surface area contributed by atoms with Crippen molar-refractivity contribution in [3.8, 4) is 0 Å². The van der Waals surface area contributed by atoms with Crippen molar-refractivity contribution in [1.29, 1.82) is 0 Å². The minimum absolute atomic E-state index is 0.746. The molecule has 0 heterocycles. The Hall–Kier alpha value is -1.72. The highest BCUT2D eigenvalue weighted by molar-refractivity contribution is 6.63. The van der Waals surface area contributed by atoms with Crippen LogP contribution in [0.25, 0.3) is 0 Å². The van der Waals surface area contributed by atoms with Gasteiger partial charge in [0, 0.05) is 0 Å². The number of ketones is 2. The van der Waals surface area contributed by atoms with Gasteiger partial charge in [0.25, 0.3) is 0 Å². The lowest BCUT2D eigenvalue weighted by Gasteiger charge is -1.96. The number of hydrogen-bond donors (Lipinski definition) is 0. The van der Waals surface area contributed by atoms with E-state index in [4.69, 9.17) is 0 Å². The zero-order valence-electron chi connectivity index (χ0n) is 7.16. The largest absolute Gasteiger partial charge is 0.469 e. The minimum atomic E-state index is -1.35. The fourth-order valence-corrected chi connectivity index (χ4v) is 0.490. The van der Waals surface area contributed by atoms with E-state index in [9.17, 15) is 19.2 Å². The molecule has 0 aromatic heterocycles. The predicted molar refractivity (Wildman–Crippen MR) is 38.7 cm³/mol. The van der Waals surface area contributed by atoms with Crippen molar-refractivity contribution in [1.82, 2.24) is 0 Å². The van der Waals surface area contributed by atoms with Crippen LogP contribution in [-0.4, -0.2) is 37.7 Å². The highest BCUT2D eigenvalue weighted by Crippen LogP contribution is 1.90. The first-order valence-corrected chi connectivity index (χ1v) is 3.25.